The first kappa shape index (κ1) is 60.8. The van der Waals surface area contributed by atoms with Crippen LogP contribution in [0.25, 0.3) is 0 Å². The molecule has 1 aromatic carbocycles. The van der Waals surface area contributed by atoms with Gasteiger partial charge in [-0.1, -0.05) is 19.1 Å². The minimum atomic E-state index is -1.80. The van der Waals surface area contributed by atoms with Gasteiger partial charge in [0.1, 0.15) is 30.5 Å². The lowest BCUT2D eigenvalue weighted by Crippen LogP contribution is -2.57. The van der Waals surface area contributed by atoms with E-state index in [0.717, 1.165) is 49.5 Å². The van der Waals surface area contributed by atoms with Gasteiger partial charge in [0.2, 0.25) is 0 Å². The zero-order chi connectivity index (χ0) is 53.1. The number of hydrogen-bond acceptors (Lipinski definition) is 18. The fourth-order valence-electron chi connectivity index (χ4n) is 10.7. The molecule has 0 bridgehead atoms. The van der Waals surface area contributed by atoms with Gasteiger partial charge in [-0.3, -0.25) is 4.79 Å². The molecule has 1 aromatic rings. The SMILES string of the molecule is CN/C(=C\N(N)[C@H](CF)[C@H](OC)c1ccc(N2CCNCC2)cc1)CCN(C)[C@@H]1C[C@H](O[C@@H]2C[C@H](O[C@H]3C[C@@](C)(OC)C[C@H](C)O3)[C@@H](C)C(=O)O[C@H](I)[C@@](C)(O)[C@H](O)[C@@H](C)N(C)C[C@H](C)C[C@H]2O)O[C@H](C)C1. The van der Waals surface area contributed by atoms with E-state index in [-0.39, 0.29) is 30.6 Å². The van der Waals surface area contributed by atoms with Crippen LogP contribution >= 0.6 is 22.6 Å². The van der Waals surface area contributed by atoms with Crippen molar-refractivity contribution in [3.8, 4) is 0 Å². The van der Waals surface area contributed by atoms with Crippen molar-refractivity contribution in [2.45, 2.75) is 182 Å². The van der Waals surface area contributed by atoms with E-state index >= 15 is 0 Å². The molecule has 0 spiro atoms. The van der Waals surface area contributed by atoms with E-state index in [0.29, 0.717) is 45.2 Å². The maximum Gasteiger partial charge on any atom is 0.312 e. The summed E-state index contributed by atoms with van der Waals surface area (Å²) >= 11 is 1.87. The molecule has 0 aliphatic carbocycles. The van der Waals surface area contributed by atoms with E-state index in [4.69, 9.17) is 39.0 Å². The number of ether oxygens (including phenoxy) is 7. The van der Waals surface area contributed by atoms with Crippen molar-refractivity contribution in [1.82, 2.24) is 25.4 Å². The van der Waals surface area contributed by atoms with Crippen LogP contribution in [0.5, 0.6) is 0 Å². The van der Waals surface area contributed by atoms with Gasteiger partial charge in [-0.15, -0.1) is 0 Å². The highest BCUT2D eigenvalue weighted by molar-refractivity contribution is 14.1. The number of piperazine rings is 1. The summed E-state index contributed by atoms with van der Waals surface area (Å²) in [6, 6.07) is 6.83. The van der Waals surface area contributed by atoms with Gasteiger partial charge in [0, 0.05) is 122 Å². The van der Waals surface area contributed by atoms with Crippen molar-refractivity contribution in [2.24, 2.45) is 17.7 Å². The number of carbonyl (C=O) groups is 1. The fourth-order valence-corrected chi connectivity index (χ4v) is 11.4. The smallest absolute Gasteiger partial charge is 0.312 e. The van der Waals surface area contributed by atoms with Gasteiger partial charge in [-0.2, -0.15) is 0 Å². The van der Waals surface area contributed by atoms with Crippen LogP contribution in [0.15, 0.2) is 36.2 Å². The number of esters is 1. The van der Waals surface area contributed by atoms with E-state index in [2.05, 4.69) is 39.6 Å². The maximum atomic E-state index is 14.9. The molecular formula is C52H91FIN7O11. The number of methoxy groups -OCH3 is 2. The molecule has 72 heavy (non-hydrogen) atoms. The van der Waals surface area contributed by atoms with Crippen molar-refractivity contribution in [1.29, 1.82) is 0 Å². The summed E-state index contributed by atoms with van der Waals surface area (Å²) in [5.41, 5.74) is 0.448. The molecule has 5 rings (SSSR count). The Balaban J connectivity index is 1.33. The standard InChI is InChI=1S/C52H91FIN7O11/c1-32-23-42(62)44(26-43(70-46-28-51(6,67-12)27-34(3)69-46)35(4)49(64)72-50(54)52(7,65)48(63)36(5)59(10)30-32)71-45-25-40(24-33(2)68-45)58(9)20-17-38(56-8)31-61(55)41(29-53)47(66-11)37-13-15-39(16-14-37)60-21-18-57-19-22-60/h13-16,31-36,40-48,50,56-57,62-63,65H,17-30,55H2,1-12H3/b38-31-/t32-,33-,34+,35-,36-,40+,41-,42-,43+,44-,45+,46+,47-,48-,50+,51+,52+/m1/s1. The summed E-state index contributed by atoms with van der Waals surface area (Å²) in [6.07, 6.45) is -1.41. The van der Waals surface area contributed by atoms with E-state index in [1.165, 1.54) is 11.9 Å². The van der Waals surface area contributed by atoms with Crippen LogP contribution in [0, 0.1) is 11.8 Å². The molecule has 4 aliphatic heterocycles. The van der Waals surface area contributed by atoms with Crippen molar-refractivity contribution >= 4 is 34.2 Å². The third-order valence-corrected chi connectivity index (χ3v) is 17.1. The zero-order valence-electron chi connectivity index (χ0n) is 45.2. The second kappa shape index (κ2) is 27.8. The second-order valence-corrected chi connectivity index (χ2v) is 22.7. The molecule has 0 saturated carbocycles. The van der Waals surface area contributed by atoms with Crippen LogP contribution < -0.4 is 21.4 Å². The molecule has 4 aliphatic rings. The molecule has 414 valence electrons. The average Bonchev–Trinajstić information content (AvgIpc) is 3.34. The first-order valence-electron chi connectivity index (χ1n) is 26.1. The number of halogens is 2. The number of hydrazine groups is 1. The molecule has 0 radical (unpaired) electrons. The van der Waals surface area contributed by atoms with E-state index < -0.39 is 89.1 Å². The number of aliphatic hydroxyl groups excluding tert-OH is 2. The number of nitrogens with two attached hydrogens (primary N) is 1. The minimum Gasteiger partial charge on any atom is -0.448 e. The van der Waals surface area contributed by atoms with Gasteiger partial charge in [0.05, 0.1) is 42.0 Å². The average molecular weight is 1140 g/mol. The molecule has 18 nitrogen and oxygen atoms in total. The third-order valence-electron chi connectivity index (χ3n) is 15.6. The minimum absolute atomic E-state index is 0.0320. The Labute approximate surface area is 443 Å². The predicted octanol–water partition coefficient (Wildman–Crippen LogP) is 4.44. The molecule has 0 amide bonds. The lowest BCUT2D eigenvalue weighted by atomic mass is 9.90. The molecule has 4 heterocycles. The quantitative estimate of drug-likeness (QED) is 0.0420. The molecule has 20 heteroatoms. The first-order valence-corrected chi connectivity index (χ1v) is 27.3. The van der Waals surface area contributed by atoms with Crippen molar-refractivity contribution < 1.29 is 57.7 Å². The van der Waals surface area contributed by atoms with Gasteiger partial charge in [0.15, 0.2) is 16.7 Å². The summed E-state index contributed by atoms with van der Waals surface area (Å²) in [6.45, 7) is 17.1. The molecule has 7 N–H and O–H groups in total. The summed E-state index contributed by atoms with van der Waals surface area (Å²) in [5.74, 6) is 4.99. The lowest BCUT2D eigenvalue weighted by molar-refractivity contribution is -0.271. The highest BCUT2D eigenvalue weighted by Crippen LogP contribution is 2.37. The number of cyclic esters (lactones) is 1. The Hall–Kier alpha value is -2.03. The largest absolute Gasteiger partial charge is 0.448 e. The number of benzene rings is 1. The first-order chi connectivity index (χ1) is 34.0. The van der Waals surface area contributed by atoms with E-state index in [1.54, 1.807) is 27.3 Å². The molecule has 4 saturated heterocycles. The molecule has 0 unspecified atom stereocenters. The monoisotopic (exact) mass is 1140 g/mol. The summed E-state index contributed by atoms with van der Waals surface area (Å²) < 4.78 is 57.9. The topological polar surface area (TPSA) is 205 Å². The number of anilines is 1. The van der Waals surface area contributed by atoms with Crippen LogP contribution in [-0.2, 0) is 38.0 Å². The van der Waals surface area contributed by atoms with Crippen LogP contribution in [0.1, 0.15) is 105 Å². The molecule has 0 aromatic heterocycles. The molecular weight excluding hydrogens is 1040 g/mol. The van der Waals surface area contributed by atoms with E-state index in [1.807, 2.05) is 88.3 Å². The van der Waals surface area contributed by atoms with Crippen molar-refractivity contribution in [3.63, 3.8) is 0 Å². The number of carbonyl (C=O) groups excluding carboxylic acids is 1. The van der Waals surface area contributed by atoms with Crippen molar-refractivity contribution in [3.05, 3.63) is 41.7 Å². The number of aliphatic hydroxyl groups is 3. The van der Waals surface area contributed by atoms with Gasteiger partial charge in [0.25, 0.3) is 0 Å². The summed E-state index contributed by atoms with van der Waals surface area (Å²) in [7, 11) is 8.99. The Kier molecular flexibility index (Phi) is 23.5. The third kappa shape index (κ3) is 16.5. The fraction of sp³-hybridized carbons (Fsp3) is 0.827. The Morgan fingerprint density at radius 2 is 1.65 bits per heavy atom. The normalized spacial score (nSPS) is 37.3. The Bertz CT molecular complexity index is 1820. The van der Waals surface area contributed by atoms with Gasteiger partial charge in [-0.25, -0.2) is 10.2 Å². The van der Waals surface area contributed by atoms with E-state index in [9.17, 15) is 24.5 Å². The van der Waals surface area contributed by atoms with Crippen LogP contribution in [0.2, 0.25) is 0 Å². The Morgan fingerprint density at radius 3 is 2.28 bits per heavy atom. The second-order valence-electron chi connectivity index (χ2n) is 21.6. The van der Waals surface area contributed by atoms with Gasteiger partial charge < -0.3 is 78.8 Å². The number of nitrogens with zero attached hydrogens (tertiary/aromatic N) is 4. The number of likely N-dealkylation sites (N-methyl/N-ethyl adjacent to an activating group) is 1. The number of rotatable bonds is 17. The molecule has 4 fully saturated rings. The van der Waals surface area contributed by atoms with Crippen molar-refractivity contribution in [2.75, 3.05) is 86.2 Å². The zero-order valence-corrected chi connectivity index (χ0v) is 47.3. The van der Waals surface area contributed by atoms with Crippen LogP contribution in [-0.4, -0.2) is 200 Å². The lowest BCUT2D eigenvalue weighted by Gasteiger charge is -2.43. The number of nitrogens with one attached hydrogen (secondary N) is 2. The highest BCUT2D eigenvalue weighted by Gasteiger charge is 2.47. The van der Waals surface area contributed by atoms with Crippen LogP contribution in [0.4, 0.5) is 10.1 Å². The van der Waals surface area contributed by atoms with Gasteiger partial charge in [-0.05, 0) is 115 Å². The highest BCUT2D eigenvalue weighted by atomic mass is 127. The summed E-state index contributed by atoms with van der Waals surface area (Å²) in [5, 5.41) is 43.4. The number of hydrogen-bond donors (Lipinski definition) is 6. The van der Waals surface area contributed by atoms with Crippen LogP contribution in [0.3, 0.4) is 0 Å². The predicted molar refractivity (Wildman–Crippen MR) is 284 cm³/mol. The Morgan fingerprint density at radius 1 is 1.00 bits per heavy atom. The summed E-state index contributed by atoms with van der Waals surface area (Å²) in [4.78, 5) is 20.7. The maximum absolute atomic E-state index is 14.9. The van der Waals surface area contributed by atoms with Gasteiger partial charge >= 0.3 is 5.97 Å². The molecule has 17 atom stereocenters. The number of alkyl halides is 2.